The Labute approximate surface area is 145 Å². The number of carbonyl (C=O) groups excluding carboxylic acids is 2. The minimum Gasteiger partial charge on any atom is -0.454 e. The van der Waals surface area contributed by atoms with Crippen LogP contribution in [0.15, 0.2) is 23.4 Å². The van der Waals surface area contributed by atoms with Crippen molar-refractivity contribution < 1.29 is 24.3 Å². The zero-order valence-electron chi connectivity index (χ0n) is 14.4. The molecule has 0 spiro atoms. The fraction of sp³-hybridized carbons (Fsp3) is 0.500. The number of anilines is 1. The third kappa shape index (κ3) is 1.68. The molecule has 132 valence electrons. The van der Waals surface area contributed by atoms with Gasteiger partial charge in [0.05, 0.1) is 0 Å². The first-order chi connectivity index (χ1) is 11.8. The number of nitrogens with one attached hydrogen (secondary N) is 1. The van der Waals surface area contributed by atoms with Crippen LogP contribution in [0.2, 0.25) is 0 Å². The van der Waals surface area contributed by atoms with Gasteiger partial charge in [-0.3, -0.25) is 9.59 Å². The maximum Gasteiger partial charge on any atom is 0.239 e. The van der Waals surface area contributed by atoms with Crippen molar-refractivity contribution in [2.45, 2.75) is 33.6 Å². The van der Waals surface area contributed by atoms with Gasteiger partial charge in [-0.15, -0.1) is 0 Å². The number of hydrogen-bond donors (Lipinski definition) is 2. The molecule has 2 unspecified atom stereocenters. The maximum atomic E-state index is 13.2. The van der Waals surface area contributed by atoms with E-state index >= 15 is 0 Å². The molecule has 2 fully saturated rings. The third-order valence-corrected chi connectivity index (χ3v) is 6.69. The summed E-state index contributed by atoms with van der Waals surface area (Å²) < 4.78 is 10.6. The average molecular weight is 344 g/mol. The number of ketones is 1. The number of rotatable bonds is 2. The van der Waals surface area contributed by atoms with E-state index in [4.69, 9.17) is 9.47 Å². The molecule has 25 heavy (non-hydrogen) atoms. The van der Waals surface area contributed by atoms with E-state index in [0.29, 0.717) is 30.0 Å². The molecule has 7 nitrogen and oxygen atoms in total. The van der Waals surface area contributed by atoms with Gasteiger partial charge < -0.3 is 20.0 Å². The Bertz CT molecular complexity index is 831. The molecule has 2 bridgehead atoms. The summed E-state index contributed by atoms with van der Waals surface area (Å²) in [6.07, 6.45) is 1.06. The summed E-state index contributed by atoms with van der Waals surface area (Å²) in [4.78, 5) is 26.1. The largest absolute Gasteiger partial charge is 0.454 e. The fourth-order valence-electron chi connectivity index (χ4n) is 4.67. The second-order valence-corrected chi connectivity index (χ2v) is 7.66. The van der Waals surface area contributed by atoms with Crippen molar-refractivity contribution in [2.75, 3.05) is 12.1 Å². The van der Waals surface area contributed by atoms with Gasteiger partial charge in [-0.05, 0) is 30.4 Å². The smallest absolute Gasteiger partial charge is 0.239 e. The van der Waals surface area contributed by atoms with Crippen molar-refractivity contribution in [3.63, 3.8) is 0 Å². The van der Waals surface area contributed by atoms with Gasteiger partial charge in [0.15, 0.2) is 17.3 Å². The molecule has 4 rings (SSSR count). The SMILES string of the molecule is CC12CCC(C(=O)Nc3ccc4c(c3)OCO4)(C(=O)C1=NO)C2(C)C. The van der Waals surface area contributed by atoms with Gasteiger partial charge in [-0.2, -0.15) is 0 Å². The Kier molecular flexibility index (Phi) is 3.02. The van der Waals surface area contributed by atoms with Crippen LogP contribution in [0.1, 0.15) is 33.6 Å². The zero-order chi connectivity index (χ0) is 18.0. The van der Waals surface area contributed by atoms with E-state index in [9.17, 15) is 14.8 Å². The summed E-state index contributed by atoms with van der Waals surface area (Å²) in [7, 11) is 0. The molecule has 1 aromatic rings. The highest BCUT2D eigenvalue weighted by atomic mass is 16.7. The summed E-state index contributed by atoms with van der Waals surface area (Å²) in [5.74, 6) is 0.425. The van der Waals surface area contributed by atoms with Gasteiger partial charge in [0, 0.05) is 17.2 Å². The number of amides is 1. The molecular formula is C18H20N2O5. The summed E-state index contributed by atoms with van der Waals surface area (Å²) in [5, 5.41) is 15.5. The van der Waals surface area contributed by atoms with Gasteiger partial charge in [-0.1, -0.05) is 25.9 Å². The predicted octanol–water partition coefficient (Wildman–Crippen LogP) is 2.58. The van der Waals surface area contributed by atoms with E-state index in [1.165, 1.54) is 0 Å². The number of fused-ring (bicyclic) bond motifs is 3. The first-order valence-corrected chi connectivity index (χ1v) is 8.26. The third-order valence-electron chi connectivity index (χ3n) is 6.69. The van der Waals surface area contributed by atoms with Crippen LogP contribution in [0.5, 0.6) is 11.5 Å². The lowest BCUT2D eigenvalue weighted by Crippen LogP contribution is -2.47. The van der Waals surface area contributed by atoms with Crippen LogP contribution in [0.3, 0.4) is 0 Å². The zero-order valence-corrected chi connectivity index (χ0v) is 14.4. The molecule has 0 aromatic heterocycles. The lowest BCUT2D eigenvalue weighted by Gasteiger charge is -2.37. The number of nitrogens with zero attached hydrogens (tertiary/aromatic N) is 1. The van der Waals surface area contributed by atoms with Crippen LogP contribution in [0.4, 0.5) is 5.69 Å². The summed E-state index contributed by atoms with van der Waals surface area (Å²) in [6.45, 7) is 5.84. The van der Waals surface area contributed by atoms with Crippen LogP contribution in [0, 0.1) is 16.2 Å². The topological polar surface area (TPSA) is 97.2 Å². The normalized spacial score (nSPS) is 33.1. The Morgan fingerprint density at radius 2 is 1.92 bits per heavy atom. The van der Waals surface area contributed by atoms with Crippen LogP contribution >= 0.6 is 0 Å². The van der Waals surface area contributed by atoms with Gasteiger partial charge in [0.25, 0.3) is 0 Å². The minimum absolute atomic E-state index is 0.101. The van der Waals surface area contributed by atoms with Gasteiger partial charge in [0.2, 0.25) is 12.7 Å². The second-order valence-electron chi connectivity index (χ2n) is 7.66. The van der Waals surface area contributed by atoms with E-state index in [1.807, 2.05) is 20.8 Å². The van der Waals surface area contributed by atoms with Crippen molar-refractivity contribution in [2.24, 2.45) is 21.4 Å². The first kappa shape index (κ1) is 15.9. The first-order valence-electron chi connectivity index (χ1n) is 8.26. The molecule has 2 saturated carbocycles. The highest BCUT2D eigenvalue weighted by molar-refractivity contribution is 6.51. The van der Waals surface area contributed by atoms with Crippen molar-refractivity contribution in [1.29, 1.82) is 0 Å². The van der Waals surface area contributed by atoms with E-state index in [1.54, 1.807) is 18.2 Å². The number of Topliss-reactive ketones (excluding diaryl/α,β-unsaturated/α-hetero) is 1. The number of carbonyl (C=O) groups is 2. The summed E-state index contributed by atoms with van der Waals surface area (Å²) in [6, 6.07) is 5.11. The van der Waals surface area contributed by atoms with Crippen LogP contribution < -0.4 is 14.8 Å². The van der Waals surface area contributed by atoms with Gasteiger partial charge in [-0.25, -0.2) is 0 Å². The maximum absolute atomic E-state index is 13.2. The van der Waals surface area contributed by atoms with Crippen molar-refractivity contribution in [3.8, 4) is 11.5 Å². The molecule has 1 amide bonds. The van der Waals surface area contributed by atoms with Gasteiger partial charge in [0.1, 0.15) is 11.1 Å². The Morgan fingerprint density at radius 1 is 1.20 bits per heavy atom. The Balaban J connectivity index is 1.71. The lowest BCUT2D eigenvalue weighted by atomic mass is 9.64. The average Bonchev–Trinajstić information content (AvgIpc) is 3.13. The second kappa shape index (κ2) is 4.74. The molecule has 2 atom stereocenters. The fourth-order valence-corrected chi connectivity index (χ4v) is 4.67. The minimum atomic E-state index is -1.24. The van der Waals surface area contributed by atoms with E-state index in [-0.39, 0.29) is 24.2 Å². The molecule has 3 aliphatic rings. The highest BCUT2D eigenvalue weighted by Gasteiger charge is 2.76. The highest BCUT2D eigenvalue weighted by Crippen LogP contribution is 2.69. The van der Waals surface area contributed by atoms with E-state index < -0.39 is 16.2 Å². The molecule has 1 aliphatic heterocycles. The number of ether oxygens (including phenoxy) is 2. The molecule has 7 heteroatoms. The Morgan fingerprint density at radius 3 is 2.60 bits per heavy atom. The number of oxime groups is 1. The molecule has 0 radical (unpaired) electrons. The molecule has 2 aliphatic carbocycles. The summed E-state index contributed by atoms with van der Waals surface area (Å²) in [5.41, 5.74) is -1.87. The number of benzene rings is 1. The monoisotopic (exact) mass is 344 g/mol. The molecule has 0 saturated heterocycles. The quantitative estimate of drug-likeness (QED) is 0.488. The van der Waals surface area contributed by atoms with E-state index in [2.05, 4.69) is 10.5 Å². The van der Waals surface area contributed by atoms with Gasteiger partial charge >= 0.3 is 0 Å². The van der Waals surface area contributed by atoms with Crippen LogP contribution in [0.25, 0.3) is 0 Å². The molecular weight excluding hydrogens is 324 g/mol. The predicted molar refractivity (Wildman–Crippen MR) is 89.0 cm³/mol. The van der Waals surface area contributed by atoms with Crippen molar-refractivity contribution in [3.05, 3.63) is 18.2 Å². The number of hydrogen-bond acceptors (Lipinski definition) is 6. The molecule has 1 aromatic carbocycles. The molecule has 2 N–H and O–H groups in total. The van der Waals surface area contributed by atoms with Crippen molar-refractivity contribution in [1.82, 2.24) is 0 Å². The van der Waals surface area contributed by atoms with Crippen molar-refractivity contribution >= 4 is 23.1 Å². The standard InChI is InChI=1S/C18H20N2O5/c1-16(2)17(3)6-7-18(16,14(21)13(17)20-23)15(22)19-10-4-5-11-12(8-10)25-9-24-11/h4-5,8,23H,6-7,9H2,1-3H3,(H,19,22). The summed E-state index contributed by atoms with van der Waals surface area (Å²) >= 11 is 0. The van der Waals surface area contributed by atoms with Crippen LogP contribution in [-0.2, 0) is 9.59 Å². The van der Waals surface area contributed by atoms with Crippen LogP contribution in [-0.4, -0.2) is 29.4 Å². The molecule has 1 heterocycles. The lowest BCUT2D eigenvalue weighted by molar-refractivity contribution is -0.140. The van der Waals surface area contributed by atoms with E-state index in [0.717, 1.165) is 0 Å². The Hall–Kier alpha value is -2.57.